The first-order valence-electron chi connectivity index (χ1n) is 10.1. The van der Waals surface area contributed by atoms with Gasteiger partial charge in [0.05, 0.1) is 17.7 Å². The van der Waals surface area contributed by atoms with Crippen LogP contribution in [0, 0.1) is 5.92 Å². The van der Waals surface area contributed by atoms with Crippen molar-refractivity contribution in [2.24, 2.45) is 5.92 Å². The van der Waals surface area contributed by atoms with Gasteiger partial charge in [-0.1, -0.05) is 15.9 Å². The van der Waals surface area contributed by atoms with Gasteiger partial charge < -0.3 is 14.8 Å². The van der Waals surface area contributed by atoms with Crippen LogP contribution in [0.2, 0.25) is 0 Å². The molecule has 0 bridgehead atoms. The summed E-state index contributed by atoms with van der Waals surface area (Å²) in [6, 6.07) is 2.20. The van der Waals surface area contributed by atoms with Gasteiger partial charge in [0.1, 0.15) is 5.60 Å². The largest absolute Gasteiger partial charge is 0.462 e. The standard InChI is InChI=1S/C21H28BrF3N2O4/c1-5-30-18(28)14-8-16(21(23,24)25)15(17(22)9-14)12-27-7-6-13(11-27)10-26-19(29)31-20(2,3)4/h8-9,13H,5-7,10-12H2,1-4H3,(H,26,29)/t13-/m0/s1. The van der Waals surface area contributed by atoms with Gasteiger partial charge in [-0.3, -0.25) is 4.90 Å². The minimum Gasteiger partial charge on any atom is -0.462 e. The average Bonchev–Trinajstić information content (AvgIpc) is 3.07. The number of esters is 1. The maximum Gasteiger partial charge on any atom is 0.416 e. The average molecular weight is 509 g/mol. The fourth-order valence-electron chi connectivity index (χ4n) is 3.37. The molecule has 1 aliphatic heterocycles. The van der Waals surface area contributed by atoms with Gasteiger partial charge in [0.15, 0.2) is 0 Å². The minimum atomic E-state index is -4.61. The fraction of sp³-hybridized carbons (Fsp3) is 0.619. The van der Waals surface area contributed by atoms with E-state index in [0.29, 0.717) is 19.6 Å². The number of carbonyl (C=O) groups is 2. The number of ether oxygens (including phenoxy) is 2. The molecule has 1 fully saturated rings. The molecule has 1 aliphatic rings. The number of hydrogen-bond acceptors (Lipinski definition) is 5. The van der Waals surface area contributed by atoms with Gasteiger partial charge in [0.25, 0.3) is 0 Å². The van der Waals surface area contributed by atoms with Crippen LogP contribution in [0.1, 0.15) is 55.6 Å². The van der Waals surface area contributed by atoms with Crippen molar-refractivity contribution in [3.8, 4) is 0 Å². The molecule has 31 heavy (non-hydrogen) atoms. The third-order valence-corrected chi connectivity index (χ3v) is 5.41. The molecule has 0 aliphatic carbocycles. The molecule has 1 aromatic rings. The molecule has 1 heterocycles. The first-order valence-corrected chi connectivity index (χ1v) is 10.9. The van der Waals surface area contributed by atoms with E-state index in [1.165, 1.54) is 6.07 Å². The lowest BCUT2D eigenvalue weighted by Crippen LogP contribution is -2.36. The first-order chi connectivity index (χ1) is 14.3. The number of rotatable bonds is 6. The minimum absolute atomic E-state index is 0.0706. The Labute approximate surface area is 188 Å². The Balaban J connectivity index is 2.07. The van der Waals surface area contributed by atoms with Crippen molar-refractivity contribution in [2.75, 3.05) is 26.2 Å². The number of nitrogens with zero attached hydrogens (tertiary/aromatic N) is 1. The van der Waals surface area contributed by atoms with Crippen LogP contribution < -0.4 is 5.32 Å². The van der Waals surface area contributed by atoms with E-state index in [4.69, 9.17) is 9.47 Å². The number of amides is 1. The van der Waals surface area contributed by atoms with Gasteiger partial charge in [0.2, 0.25) is 0 Å². The van der Waals surface area contributed by atoms with Crippen LogP contribution in [0.25, 0.3) is 0 Å². The Hall–Kier alpha value is -1.81. The van der Waals surface area contributed by atoms with Crippen LogP contribution in [0.3, 0.4) is 0 Å². The Kier molecular flexibility index (Phi) is 8.38. The van der Waals surface area contributed by atoms with Crippen molar-refractivity contribution < 1.29 is 32.2 Å². The van der Waals surface area contributed by atoms with E-state index in [9.17, 15) is 22.8 Å². The number of nitrogens with one attached hydrogen (secondary N) is 1. The van der Waals surface area contributed by atoms with Crippen molar-refractivity contribution in [3.05, 3.63) is 33.3 Å². The lowest BCUT2D eigenvalue weighted by Gasteiger charge is -2.22. The lowest BCUT2D eigenvalue weighted by molar-refractivity contribution is -0.138. The Bertz CT molecular complexity index is 809. The van der Waals surface area contributed by atoms with Gasteiger partial charge in [-0.05, 0) is 64.3 Å². The van der Waals surface area contributed by atoms with Crippen LogP contribution in [-0.4, -0.2) is 48.8 Å². The van der Waals surface area contributed by atoms with Crippen LogP contribution in [0.15, 0.2) is 16.6 Å². The monoisotopic (exact) mass is 508 g/mol. The van der Waals surface area contributed by atoms with Gasteiger partial charge >= 0.3 is 18.2 Å². The summed E-state index contributed by atoms with van der Waals surface area (Å²) in [6.07, 6.45) is -4.38. The van der Waals surface area contributed by atoms with Gasteiger partial charge in [-0.25, -0.2) is 9.59 Å². The quantitative estimate of drug-likeness (QED) is 0.548. The highest BCUT2D eigenvalue weighted by Crippen LogP contribution is 2.37. The zero-order valence-corrected chi connectivity index (χ0v) is 19.7. The molecule has 1 amide bonds. The summed E-state index contributed by atoms with van der Waals surface area (Å²) in [5.41, 5.74) is -1.53. The van der Waals surface area contributed by atoms with Crippen molar-refractivity contribution in [1.82, 2.24) is 10.2 Å². The summed E-state index contributed by atoms with van der Waals surface area (Å²) < 4.78 is 51.3. The molecule has 1 saturated heterocycles. The van der Waals surface area contributed by atoms with Crippen LogP contribution in [0.5, 0.6) is 0 Å². The molecule has 174 valence electrons. The molecular weight excluding hydrogens is 481 g/mol. The molecule has 1 atom stereocenters. The lowest BCUT2D eigenvalue weighted by atomic mass is 10.0. The van der Waals surface area contributed by atoms with Crippen LogP contribution >= 0.6 is 15.9 Å². The summed E-state index contributed by atoms with van der Waals surface area (Å²) in [4.78, 5) is 25.6. The van der Waals surface area contributed by atoms with Gasteiger partial charge in [-0.15, -0.1) is 0 Å². The molecule has 0 radical (unpaired) electrons. The second-order valence-electron chi connectivity index (χ2n) is 8.48. The third-order valence-electron chi connectivity index (χ3n) is 4.70. The predicted molar refractivity (Wildman–Crippen MR) is 113 cm³/mol. The molecule has 2 rings (SSSR count). The van der Waals surface area contributed by atoms with E-state index in [2.05, 4.69) is 21.2 Å². The summed E-state index contributed by atoms with van der Waals surface area (Å²) in [7, 11) is 0. The normalized spacial score (nSPS) is 17.5. The topological polar surface area (TPSA) is 67.9 Å². The number of hydrogen-bond donors (Lipinski definition) is 1. The molecule has 1 aromatic carbocycles. The molecule has 0 aromatic heterocycles. The molecular formula is C21H28BrF3N2O4. The predicted octanol–water partition coefficient (Wildman–Crippen LogP) is 4.99. The molecule has 1 N–H and O–H groups in total. The van der Waals surface area contributed by atoms with E-state index in [0.717, 1.165) is 12.5 Å². The highest BCUT2D eigenvalue weighted by Gasteiger charge is 2.36. The number of likely N-dealkylation sites (tertiary alicyclic amines) is 1. The Morgan fingerprint density at radius 1 is 1.26 bits per heavy atom. The number of carbonyl (C=O) groups excluding carboxylic acids is 2. The van der Waals surface area contributed by atoms with E-state index in [1.807, 2.05) is 4.90 Å². The number of benzene rings is 1. The second kappa shape index (κ2) is 10.2. The molecule has 6 nitrogen and oxygen atoms in total. The third kappa shape index (κ3) is 7.68. The number of halogens is 4. The zero-order chi connectivity index (χ0) is 23.4. The Morgan fingerprint density at radius 2 is 1.94 bits per heavy atom. The summed E-state index contributed by atoms with van der Waals surface area (Å²) >= 11 is 3.20. The summed E-state index contributed by atoms with van der Waals surface area (Å²) in [5.74, 6) is -0.686. The number of alkyl halides is 3. The van der Waals surface area contributed by atoms with Crippen molar-refractivity contribution in [2.45, 2.75) is 52.4 Å². The summed E-state index contributed by atoms with van der Waals surface area (Å²) in [6.45, 7) is 8.58. The number of alkyl carbamates (subject to hydrolysis) is 1. The molecule has 0 unspecified atom stereocenters. The maximum atomic E-state index is 13.7. The molecule has 10 heteroatoms. The van der Waals surface area contributed by atoms with Gasteiger partial charge in [-0.2, -0.15) is 13.2 Å². The van der Waals surface area contributed by atoms with E-state index < -0.39 is 29.4 Å². The Morgan fingerprint density at radius 3 is 2.52 bits per heavy atom. The van der Waals surface area contributed by atoms with E-state index in [1.54, 1.807) is 27.7 Å². The molecule has 0 saturated carbocycles. The van der Waals surface area contributed by atoms with Crippen LogP contribution in [0.4, 0.5) is 18.0 Å². The highest BCUT2D eigenvalue weighted by molar-refractivity contribution is 9.10. The first kappa shape index (κ1) is 25.5. The van der Waals surface area contributed by atoms with Crippen molar-refractivity contribution >= 4 is 28.0 Å². The highest BCUT2D eigenvalue weighted by atomic mass is 79.9. The zero-order valence-electron chi connectivity index (χ0n) is 18.1. The smallest absolute Gasteiger partial charge is 0.416 e. The SMILES string of the molecule is CCOC(=O)c1cc(Br)c(CN2CC[C@@H](CNC(=O)OC(C)(C)C)C2)c(C(F)(F)F)c1. The van der Waals surface area contributed by atoms with Gasteiger partial charge in [0, 0.05) is 24.1 Å². The molecule has 0 spiro atoms. The fourth-order valence-corrected chi connectivity index (χ4v) is 3.96. The van der Waals surface area contributed by atoms with Crippen molar-refractivity contribution in [3.63, 3.8) is 0 Å². The van der Waals surface area contributed by atoms with Crippen molar-refractivity contribution in [1.29, 1.82) is 0 Å². The van der Waals surface area contributed by atoms with E-state index in [-0.39, 0.29) is 34.7 Å². The van der Waals surface area contributed by atoms with Crippen LogP contribution in [-0.2, 0) is 22.2 Å². The maximum absolute atomic E-state index is 13.7. The van der Waals surface area contributed by atoms with E-state index >= 15 is 0 Å². The second-order valence-corrected chi connectivity index (χ2v) is 9.33. The summed E-state index contributed by atoms with van der Waals surface area (Å²) in [5, 5.41) is 2.72.